The van der Waals surface area contributed by atoms with E-state index >= 15 is 0 Å². The first-order valence-corrected chi connectivity index (χ1v) is 7.11. The Kier molecular flexibility index (Phi) is 2.79. The van der Waals surface area contributed by atoms with Crippen molar-refractivity contribution in [3.05, 3.63) is 18.0 Å². The van der Waals surface area contributed by atoms with Crippen molar-refractivity contribution in [1.82, 2.24) is 9.78 Å². The molecule has 1 N–H and O–H groups in total. The third kappa shape index (κ3) is 2.62. The van der Waals surface area contributed by atoms with Gasteiger partial charge in [0, 0.05) is 13.2 Å². The quantitative estimate of drug-likeness (QED) is 0.806. The van der Waals surface area contributed by atoms with Gasteiger partial charge >= 0.3 is 0 Å². The molecule has 0 amide bonds. The predicted octanol–water partition coefficient (Wildman–Crippen LogP) is -0.0977. The zero-order valence-electron chi connectivity index (χ0n) is 9.26. The highest BCUT2D eigenvalue weighted by atomic mass is 32.2. The molecule has 1 aromatic heterocycles. The molecule has 2 rings (SSSR count). The highest BCUT2D eigenvalue weighted by Gasteiger charge is 2.39. The number of hydrogen-bond donors (Lipinski definition) is 1. The molecule has 0 aromatic carbocycles. The standard InChI is InChI=1S/C10H16N2O3S/c1-12-7-9(6-11-12)2-3-10(13)4-5-16(14,15)8-10/h6-7,13H,2-5,8H2,1H3. The Labute approximate surface area is 95.0 Å². The molecule has 0 bridgehead atoms. The van der Waals surface area contributed by atoms with Crippen molar-refractivity contribution < 1.29 is 13.5 Å². The van der Waals surface area contributed by atoms with Gasteiger partial charge in [0.2, 0.25) is 0 Å². The van der Waals surface area contributed by atoms with E-state index in [2.05, 4.69) is 5.10 Å². The Balaban J connectivity index is 1.96. The lowest BCUT2D eigenvalue weighted by atomic mass is 9.95. The number of aromatic nitrogens is 2. The highest BCUT2D eigenvalue weighted by molar-refractivity contribution is 7.91. The molecule has 1 fully saturated rings. The second kappa shape index (κ2) is 3.85. The summed E-state index contributed by atoms with van der Waals surface area (Å²) in [4.78, 5) is 0. The number of nitrogens with zero attached hydrogens (tertiary/aromatic N) is 2. The Morgan fingerprint density at radius 2 is 2.38 bits per heavy atom. The molecule has 1 aromatic rings. The predicted molar refractivity (Wildman–Crippen MR) is 59.7 cm³/mol. The van der Waals surface area contributed by atoms with Gasteiger partial charge in [-0.1, -0.05) is 0 Å². The van der Waals surface area contributed by atoms with E-state index in [4.69, 9.17) is 0 Å². The fourth-order valence-corrected chi connectivity index (χ4v) is 4.02. The second-order valence-corrected chi connectivity index (χ2v) is 6.77. The van der Waals surface area contributed by atoms with Crippen molar-refractivity contribution in [1.29, 1.82) is 0 Å². The number of aryl methyl sites for hydroxylation is 2. The lowest BCUT2D eigenvalue weighted by Gasteiger charge is -2.19. The van der Waals surface area contributed by atoms with Crippen LogP contribution in [-0.4, -0.2) is 40.4 Å². The van der Waals surface area contributed by atoms with E-state index in [1.807, 2.05) is 13.2 Å². The van der Waals surface area contributed by atoms with E-state index in [0.717, 1.165) is 5.56 Å². The van der Waals surface area contributed by atoms with Crippen LogP contribution in [0.5, 0.6) is 0 Å². The van der Waals surface area contributed by atoms with Crippen molar-refractivity contribution in [3.8, 4) is 0 Å². The lowest BCUT2D eigenvalue weighted by molar-refractivity contribution is 0.0588. The van der Waals surface area contributed by atoms with E-state index in [1.54, 1.807) is 10.9 Å². The molecule has 5 nitrogen and oxygen atoms in total. The molecule has 1 aliphatic rings. The van der Waals surface area contributed by atoms with Gasteiger partial charge in [-0.3, -0.25) is 4.68 Å². The van der Waals surface area contributed by atoms with Crippen molar-refractivity contribution >= 4 is 9.84 Å². The average Bonchev–Trinajstić information content (AvgIpc) is 2.69. The van der Waals surface area contributed by atoms with E-state index in [9.17, 15) is 13.5 Å². The maximum Gasteiger partial charge on any atom is 0.153 e. The van der Waals surface area contributed by atoms with E-state index in [0.29, 0.717) is 19.3 Å². The first kappa shape index (κ1) is 11.6. The van der Waals surface area contributed by atoms with Crippen molar-refractivity contribution in [3.63, 3.8) is 0 Å². The topological polar surface area (TPSA) is 72.2 Å². The maximum absolute atomic E-state index is 11.3. The SMILES string of the molecule is Cn1cc(CCC2(O)CCS(=O)(=O)C2)cn1. The Bertz CT molecular complexity index is 480. The van der Waals surface area contributed by atoms with Gasteiger partial charge in [0.15, 0.2) is 9.84 Å². The van der Waals surface area contributed by atoms with Gasteiger partial charge in [0.05, 0.1) is 23.3 Å². The first-order valence-electron chi connectivity index (χ1n) is 5.29. The van der Waals surface area contributed by atoms with Gasteiger partial charge in [0.25, 0.3) is 0 Å². The normalized spacial score (nSPS) is 28.4. The molecule has 2 heterocycles. The Morgan fingerprint density at radius 3 is 2.88 bits per heavy atom. The molecular weight excluding hydrogens is 228 g/mol. The maximum atomic E-state index is 11.3. The average molecular weight is 244 g/mol. The summed E-state index contributed by atoms with van der Waals surface area (Å²) in [7, 11) is -1.19. The summed E-state index contributed by atoms with van der Waals surface area (Å²) in [5.74, 6) is 0.0107. The summed E-state index contributed by atoms with van der Waals surface area (Å²) >= 11 is 0. The molecule has 90 valence electrons. The van der Waals surface area contributed by atoms with Crippen LogP contribution in [0.4, 0.5) is 0 Å². The van der Waals surface area contributed by atoms with Gasteiger partial charge in [-0.25, -0.2) is 8.42 Å². The van der Waals surface area contributed by atoms with Crippen LogP contribution in [0.15, 0.2) is 12.4 Å². The van der Waals surface area contributed by atoms with E-state index in [1.165, 1.54) is 0 Å². The smallest absolute Gasteiger partial charge is 0.153 e. The summed E-state index contributed by atoms with van der Waals surface area (Å²) in [6, 6.07) is 0. The number of aliphatic hydroxyl groups is 1. The summed E-state index contributed by atoms with van der Waals surface area (Å²) in [5, 5.41) is 14.1. The van der Waals surface area contributed by atoms with Gasteiger partial charge in [-0.05, 0) is 24.8 Å². The minimum Gasteiger partial charge on any atom is -0.389 e. The monoisotopic (exact) mass is 244 g/mol. The van der Waals surface area contributed by atoms with Crippen LogP contribution >= 0.6 is 0 Å². The molecule has 0 aliphatic carbocycles. The third-order valence-corrected chi connectivity index (χ3v) is 4.81. The molecule has 0 saturated carbocycles. The summed E-state index contributed by atoms with van der Waals surface area (Å²) in [5.41, 5.74) is -0.00508. The van der Waals surface area contributed by atoms with Gasteiger partial charge in [-0.15, -0.1) is 0 Å². The molecule has 16 heavy (non-hydrogen) atoms. The number of rotatable bonds is 3. The van der Waals surface area contributed by atoms with Crippen molar-refractivity contribution in [2.75, 3.05) is 11.5 Å². The Hall–Kier alpha value is -0.880. The molecule has 1 saturated heterocycles. The number of sulfone groups is 1. The van der Waals surface area contributed by atoms with Crippen LogP contribution in [0, 0.1) is 0 Å². The number of hydrogen-bond acceptors (Lipinski definition) is 4. The van der Waals surface area contributed by atoms with Crippen LogP contribution < -0.4 is 0 Å². The van der Waals surface area contributed by atoms with Gasteiger partial charge in [0.1, 0.15) is 0 Å². The molecule has 0 radical (unpaired) electrons. The molecule has 1 atom stereocenters. The van der Waals surface area contributed by atoms with Crippen molar-refractivity contribution in [2.24, 2.45) is 7.05 Å². The van der Waals surface area contributed by atoms with Crippen LogP contribution in [0.1, 0.15) is 18.4 Å². The summed E-state index contributed by atoms with van der Waals surface area (Å²) in [6.45, 7) is 0. The fourth-order valence-electron chi connectivity index (χ4n) is 2.07. The molecular formula is C10H16N2O3S. The van der Waals surface area contributed by atoms with Gasteiger partial charge < -0.3 is 5.11 Å². The molecule has 6 heteroatoms. The summed E-state index contributed by atoms with van der Waals surface area (Å²) < 4.78 is 24.3. The largest absolute Gasteiger partial charge is 0.389 e. The molecule has 1 aliphatic heterocycles. The second-order valence-electron chi connectivity index (χ2n) is 4.59. The fraction of sp³-hybridized carbons (Fsp3) is 0.700. The highest BCUT2D eigenvalue weighted by Crippen LogP contribution is 2.27. The van der Waals surface area contributed by atoms with Crippen LogP contribution in [0.2, 0.25) is 0 Å². The van der Waals surface area contributed by atoms with Crippen LogP contribution in [0.3, 0.4) is 0 Å². The van der Waals surface area contributed by atoms with E-state index in [-0.39, 0.29) is 11.5 Å². The lowest BCUT2D eigenvalue weighted by Crippen LogP contribution is -2.30. The van der Waals surface area contributed by atoms with Gasteiger partial charge in [-0.2, -0.15) is 5.10 Å². The van der Waals surface area contributed by atoms with Crippen molar-refractivity contribution in [2.45, 2.75) is 24.9 Å². The zero-order valence-corrected chi connectivity index (χ0v) is 10.1. The molecule has 0 spiro atoms. The zero-order chi connectivity index (χ0) is 11.8. The minimum atomic E-state index is -3.02. The Morgan fingerprint density at radius 1 is 1.62 bits per heavy atom. The van der Waals surface area contributed by atoms with Crippen LogP contribution in [0.25, 0.3) is 0 Å². The summed E-state index contributed by atoms with van der Waals surface area (Å²) in [6.07, 6.45) is 5.13. The minimum absolute atomic E-state index is 0.0970. The van der Waals surface area contributed by atoms with Crippen LogP contribution in [-0.2, 0) is 23.3 Å². The van der Waals surface area contributed by atoms with E-state index < -0.39 is 15.4 Å². The first-order chi connectivity index (χ1) is 7.39. The third-order valence-electron chi connectivity index (χ3n) is 3.00. The molecule has 1 unspecified atom stereocenters.